The lowest BCUT2D eigenvalue weighted by Gasteiger charge is -2.03. The summed E-state index contributed by atoms with van der Waals surface area (Å²) in [5.74, 6) is 0.0171. The number of aromatic hydroxyl groups is 1. The molecule has 0 unspecified atom stereocenters. The van der Waals surface area contributed by atoms with Gasteiger partial charge in [-0.1, -0.05) is 0 Å². The minimum Gasteiger partial charge on any atom is -0.507 e. The van der Waals surface area contributed by atoms with Gasteiger partial charge in [0.05, 0.1) is 5.56 Å². The molecule has 0 radical (unpaired) electrons. The van der Waals surface area contributed by atoms with Crippen molar-refractivity contribution >= 4 is 12.0 Å². The summed E-state index contributed by atoms with van der Waals surface area (Å²) < 4.78 is 0. The van der Waals surface area contributed by atoms with Crippen LogP contribution in [0.5, 0.6) is 5.75 Å². The highest BCUT2D eigenvalue weighted by atomic mass is 16.3. The SMILES string of the molecule is CCNc1ccc(C=O)c(O)c1. The number of hydrogen-bond donors (Lipinski definition) is 2. The average molecular weight is 165 g/mol. The van der Waals surface area contributed by atoms with Crippen LogP contribution in [-0.4, -0.2) is 17.9 Å². The van der Waals surface area contributed by atoms with Crippen LogP contribution >= 0.6 is 0 Å². The Kier molecular flexibility index (Phi) is 2.69. The van der Waals surface area contributed by atoms with Gasteiger partial charge in [-0.3, -0.25) is 4.79 Å². The van der Waals surface area contributed by atoms with Gasteiger partial charge in [-0.25, -0.2) is 0 Å². The molecule has 0 bridgehead atoms. The van der Waals surface area contributed by atoms with Crippen LogP contribution in [0.4, 0.5) is 5.69 Å². The van der Waals surface area contributed by atoms with Crippen molar-refractivity contribution in [3.63, 3.8) is 0 Å². The minimum absolute atomic E-state index is 0.0171. The molecular formula is C9H11NO2. The Labute approximate surface area is 71.0 Å². The van der Waals surface area contributed by atoms with Gasteiger partial charge in [-0.2, -0.15) is 0 Å². The zero-order chi connectivity index (χ0) is 8.97. The third-order valence-electron chi connectivity index (χ3n) is 1.54. The van der Waals surface area contributed by atoms with Gasteiger partial charge >= 0.3 is 0 Å². The van der Waals surface area contributed by atoms with Gasteiger partial charge in [0.1, 0.15) is 5.75 Å². The first kappa shape index (κ1) is 8.59. The number of hydrogen-bond acceptors (Lipinski definition) is 3. The van der Waals surface area contributed by atoms with Crippen molar-refractivity contribution in [3.05, 3.63) is 23.8 Å². The largest absolute Gasteiger partial charge is 0.507 e. The van der Waals surface area contributed by atoms with Gasteiger partial charge < -0.3 is 10.4 Å². The van der Waals surface area contributed by atoms with Crippen molar-refractivity contribution in [2.75, 3.05) is 11.9 Å². The van der Waals surface area contributed by atoms with E-state index in [9.17, 15) is 9.90 Å². The lowest BCUT2D eigenvalue weighted by Crippen LogP contribution is -1.96. The molecule has 1 aromatic carbocycles. The third kappa shape index (κ3) is 1.75. The maximum absolute atomic E-state index is 10.3. The van der Waals surface area contributed by atoms with Crippen molar-refractivity contribution in [1.82, 2.24) is 0 Å². The van der Waals surface area contributed by atoms with Gasteiger partial charge in [-0.05, 0) is 19.1 Å². The maximum atomic E-state index is 10.3. The zero-order valence-electron chi connectivity index (χ0n) is 6.87. The molecule has 64 valence electrons. The topological polar surface area (TPSA) is 49.3 Å². The Balaban J connectivity index is 2.93. The molecule has 0 aliphatic carbocycles. The van der Waals surface area contributed by atoms with E-state index in [1.54, 1.807) is 12.1 Å². The Morgan fingerprint density at radius 1 is 1.58 bits per heavy atom. The summed E-state index contributed by atoms with van der Waals surface area (Å²) in [7, 11) is 0. The summed E-state index contributed by atoms with van der Waals surface area (Å²) in [4.78, 5) is 10.3. The molecule has 0 aromatic heterocycles. The van der Waals surface area contributed by atoms with E-state index >= 15 is 0 Å². The first-order valence-corrected chi connectivity index (χ1v) is 3.80. The molecule has 0 saturated carbocycles. The highest BCUT2D eigenvalue weighted by Gasteiger charge is 1.99. The van der Waals surface area contributed by atoms with Crippen molar-refractivity contribution in [3.8, 4) is 5.75 Å². The number of phenols is 1. The van der Waals surface area contributed by atoms with Crippen LogP contribution in [0.15, 0.2) is 18.2 Å². The van der Waals surface area contributed by atoms with Gasteiger partial charge in [0, 0.05) is 18.3 Å². The minimum atomic E-state index is 0.0171. The number of carbonyl (C=O) groups is 1. The molecule has 3 heteroatoms. The number of phenolic OH excluding ortho intramolecular Hbond substituents is 1. The lowest BCUT2D eigenvalue weighted by molar-refractivity contribution is 0.112. The van der Waals surface area contributed by atoms with Crippen LogP contribution in [0, 0.1) is 0 Å². The molecule has 2 N–H and O–H groups in total. The van der Waals surface area contributed by atoms with Crippen LogP contribution in [0.2, 0.25) is 0 Å². The Morgan fingerprint density at radius 3 is 2.83 bits per heavy atom. The average Bonchev–Trinajstić information content (AvgIpc) is 2.05. The van der Waals surface area contributed by atoms with Crippen molar-refractivity contribution in [2.24, 2.45) is 0 Å². The first-order chi connectivity index (χ1) is 5.77. The zero-order valence-corrected chi connectivity index (χ0v) is 6.87. The highest BCUT2D eigenvalue weighted by Crippen LogP contribution is 2.19. The first-order valence-electron chi connectivity index (χ1n) is 3.80. The van der Waals surface area contributed by atoms with Crippen LogP contribution in [0.1, 0.15) is 17.3 Å². The lowest BCUT2D eigenvalue weighted by atomic mass is 10.2. The van der Waals surface area contributed by atoms with Crippen LogP contribution in [0.3, 0.4) is 0 Å². The summed E-state index contributed by atoms with van der Waals surface area (Å²) >= 11 is 0. The number of anilines is 1. The molecule has 0 fully saturated rings. The number of aldehydes is 1. The van der Waals surface area contributed by atoms with Gasteiger partial charge in [0.25, 0.3) is 0 Å². The number of rotatable bonds is 3. The molecule has 0 amide bonds. The summed E-state index contributed by atoms with van der Waals surface area (Å²) in [5, 5.41) is 12.3. The van der Waals surface area contributed by atoms with E-state index in [0.717, 1.165) is 12.2 Å². The summed E-state index contributed by atoms with van der Waals surface area (Å²) in [6.07, 6.45) is 0.630. The van der Waals surface area contributed by atoms with Crippen LogP contribution in [-0.2, 0) is 0 Å². The van der Waals surface area contributed by atoms with Crippen molar-refractivity contribution < 1.29 is 9.90 Å². The quantitative estimate of drug-likeness (QED) is 0.669. The van der Waals surface area contributed by atoms with Crippen molar-refractivity contribution in [1.29, 1.82) is 0 Å². The molecule has 0 saturated heterocycles. The molecule has 1 aromatic rings. The molecule has 0 atom stereocenters. The van der Waals surface area contributed by atoms with E-state index in [1.807, 2.05) is 6.92 Å². The Bertz CT molecular complexity index is 284. The van der Waals surface area contributed by atoms with E-state index in [1.165, 1.54) is 6.07 Å². The van der Waals surface area contributed by atoms with Gasteiger partial charge in [0.2, 0.25) is 0 Å². The molecular weight excluding hydrogens is 154 g/mol. The van der Waals surface area contributed by atoms with E-state index in [4.69, 9.17) is 0 Å². The second-order valence-electron chi connectivity index (χ2n) is 2.42. The monoisotopic (exact) mass is 165 g/mol. The number of nitrogens with one attached hydrogen (secondary N) is 1. The van der Waals surface area contributed by atoms with Gasteiger partial charge in [-0.15, -0.1) is 0 Å². The van der Waals surface area contributed by atoms with E-state index < -0.39 is 0 Å². The highest BCUT2D eigenvalue weighted by molar-refractivity contribution is 5.80. The van der Waals surface area contributed by atoms with Crippen molar-refractivity contribution in [2.45, 2.75) is 6.92 Å². The third-order valence-corrected chi connectivity index (χ3v) is 1.54. The molecule has 3 nitrogen and oxygen atoms in total. The fourth-order valence-electron chi connectivity index (χ4n) is 0.957. The van der Waals surface area contributed by atoms with Crippen LogP contribution in [0.25, 0.3) is 0 Å². The number of benzene rings is 1. The fourth-order valence-corrected chi connectivity index (χ4v) is 0.957. The molecule has 0 aliphatic rings. The second-order valence-corrected chi connectivity index (χ2v) is 2.42. The summed E-state index contributed by atoms with van der Waals surface area (Å²) in [6, 6.07) is 4.88. The van der Waals surface area contributed by atoms with E-state index in [2.05, 4.69) is 5.32 Å². The van der Waals surface area contributed by atoms with E-state index in [0.29, 0.717) is 11.8 Å². The van der Waals surface area contributed by atoms with Gasteiger partial charge in [0.15, 0.2) is 6.29 Å². The van der Waals surface area contributed by atoms with Crippen LogP contribution < -0.4 is 5.32 Å². The molecule has 0 aliphatic heterocycles. The Morgan fingerprint density at radius 2 is 2.33 bits per heavy atom. The predicted octanol–water partition coefficient (Wildman–Crippen LogP) is 1.64. The predicted molar refractivity (Wildman–Crippen MR) is 47.7 cm³/mol. The number of carbonyl (C=O) groups excluding carboxylic acids is 1. The smallest absolute Gasteiger partial charge is 0.153 e. The second kappa shape index (κ2) is 3.76. The molecule has 0 spiro atoms. The standard InChI is InChI=1S/C9H11NO2/c1-2-10-8-4-3-7(6-11)9(12)5-8/h3-6,10,12H,2H2,1H3. The Hall–Kier alpha value is -1.51. The molecule has 0 heterocycles. The van der Waals surface area contributed by atoms with E-state index in [-0.39, 0.29) is 5.75 Å². The fraction of sp³-hybridized carbons (Fsp3) is 0.222. The molecule has 12 heavy (non-hydrogen) atoms. The normalized spacial score (nSPS) is 9.42. The summed E-state index contributed by atoms with van der Waals surface area (Å²) in [5.41, 5.74) is 1.14. The molecule has 1 rings (SSSR count). The maximum Gasteiger partial charge on any atom is 0.153 e. The summed E-state index contributed by atoms with van der Waals surface area (Å²) in [6.45, 7) is 2.75.